The third kappa shape index (κ3) is 0.938. The molecule has 0 saturated carbocycles. The lowest BCUT2D eigenvalue weighted by Crippen LogP contribution is -2.07. The Morgan fingerprint density at radius 1 is 1.00 bits per heavy atom. The molecule has 2 heterocycles. The second kappa shape index (κ2) is 2.72. The van der Waals surface area contributed by atoms with Crippen molar-refractivity contribution in [1.29, 1.82) is 0 Å². The van der Waals surface area contributed by atoms with E-state index in [9.17, 15) is 8.42 Å². The fraction of sp³-hybridized carbons (Fsp3) is 0. The van der Waals surface area contributed by atoms with E-state index in [2.05, 4.69) is 0 Å². The Labute approximate surface area is 87.9 Å². The molecule has 4 heteroatoms. The largest absolute Gasteiger partial charge is 0.218 e. The number of hydrogen-bond acceptors (Lipinski definition) is 2. The van der Waals surface area contributed by atoms with Crippen molar-refractivity contribution in [3.63, 3.8) is 0 Å². The molecular formula is C10H7ClO2S. The normalized spacial score (nSPS) is 15.7. The van der Waals surface area contributed by atoms with Crippen LogP contribution in [0.25, 0.3) is 10.8 Å². The molecule has 2 aliphatic rings. The molecule has 14 heavy (non-hydrogen) atoms. The molecule has 0 aliphatic carbocycles. The van der Waals surface area contributed by atoms with Gasteiger partial charge < -0.3 is 0 Å². The van der Waals surface area contributed by atoms with Gasteiger partial charge in [0.1, 0.15) is 0 Å². The minimum atomic E-state index is -3.17. The van der Waals surface area contributed by atoms with E-state index in [1.165, 1.54) is 0 Å². The lowest BCUT2D eigenvalue weighted by atomic mass is 10.1. The van der Waals surface area contributed by atoms with E-state index in [0.29, 0.717) is 9.79 Å². The summed E-state index contributed by atoms with van der Waals surface area (Å²) in [7, 11) is -3.17. The van der Waals surface area contributed by atoms with Crippen LogP contribution in [0, 0.1) is 0 Å². The Kier molecular flexibility index (Phi) is 1.84. The van der Waals surface area contributed by atoms with Crippen LogP contribution in [0.5, 0.6) is 0 Å². The van der Waals surface area contributed by atoms with Crippen molar-refractivity contribution in [2.75, 3.05) is 0 Å². The number of sulfone groups is 1. The summed E-state index contributed by atoms with van der Waals surface area (Å²) in [5.41, 5.74) is 0. The second-order valence-corrected chi connectivity index (χ2v) is 5.06. The van der Waals surface area contributed by atoms with E-state index in [-0.39, 0.29) is 12.4 Å². The third-order valence-electron chi connectivity index (χ3n) is 2.41. The summed E-state index contributed by atoms with van der Waals surface area (Å²) in [5.74, 6) is 0. The van der Waals surface area contributed by atoms with Gasteiger partial charge in [0.05, 0.1) is 9.79 Å². The first-order chi connectivity index (χ1) is 6.19. The average molecular weight is 227 g/mol. The van der Waals surface area contributed by atoms with Crippen molar-refractivity contribution in [2.24, 2.45) is 0 Å². The maximum absolute atomic E-state index is 11.7. The zero-order valence-electron chi connectivity index (χ0n) is 7.10. The molecule has 0 aromatic heterocycles. The molecular weight excluding hydrogens is 220 g/mol. The van der Waals surface area contributed by atoms with E-state index < -0.39 is 9.84 Å². The Bertz CT molecular complexity index is 617. The molecule has 4 rings (SSSR count). The predicted octanol–water partition coefficient (Wildman–Crippen LogP) is 2.41. The van der Waals surface area contributed by atoms with Crippen LogP contribution in [0.3, 0.4) is 0 Å². The smallest absolute Gasteiger partial charge is 0.207 e. The zero-order chi connectivity index (χ0) is 9.05. The highest BCUT2D eigenvalue weighted by Crippen LogP contribution is 2.35. The van der Waals surface area contributed by atoms with E-state index in [1.807, 2.05) is 12.1 Å². The fourth-order valence-electron chi connectivity index (χ4n) is 1.76. The molecule has 0 atom stereocenters. The summed E-state index contributed by atoms with van der Waals surface area (Å²) < 4.78 is 23.5. The number of rotatable bonds is 0. The zero-order valence-corrected chi connectivity index (χ0v) is 8.73. The van der Waals surface area contributed by atoms with Gasteiger partial charge in [-0.25, -0.2) is 8.42 Å². The van der Waals surface area contributed by atoms with Crippen molar-refractivity contribution >= 4 is 33.0 Å². The van der Waals surface area contributed by atoms with Gasteiger partial charge in [0.2, 0.25) is 9.84 Å². The molecule has 2 aromatic carbocycles. The molecule has 0 radical (unpaired) electrons. The van der Waals surface area contributed by atoms with Gasteiger partial charge in [-0.3, -0.25) is 0 Å². The molecule has 0 spiro atoms. The minimum absolute atomic E-state index is 0. The van der Waals surface area contributed by atoms with Gasteiger partial charge in [-0.05, 0) is 23.6 Å². The molecule has 2 aromatic rings. The summed E-state index contributed by atoms with van der Waals surface area (Å²) in [6, 6.07) is 10.6. The average Bonchev–Trinajstić information content (AvgIpc) is 2.14. The summed E-state index contributed by atoms with van der Waals surface area (Å²) >= 11 is 0. The van der Waals surface area contributed by atoms with Crippen LogP contribution in [0.4, 0.5) is 0 Å². The van der Waals surface area contributed by atoms with Crippen LogP contribution in [0.15, 0.2) is 46.2 Å². The van der Waals surface area contributed by atoms with Gasteiger partial charge in [0.15, 0.2) is 0 Å². The van der Waals surface area contributed by atoms with Gasteiger partial charge in [0.25, 0.3) is 0 Å². The predicted molar refractivity (Wildman–Crippen MR) is 56.6 cm³/mol. The van der Waals surface area contributed by atoms with Crippen molar-refractivity contribution in [2.45, 2.75) is 9.79 Å². The number of hydrogen-bond donors (Lipinski definition) is 0. The van der Waals surface area contributed by atoms with Gasteiger partial charge in [-0.2, -0.15) is 0 Å². The Balaban J connectivity index is 0.000000750. The molecule has 0 saturated heterocycles. The first-order valence-corrected chi connectivity index (χ1v) is 5.46. The standard InChI is InChI=1S/C10H6O2S.ClH/c11-13(12)8-4-5-9-7(6-8)2-1-3-10(9)13;/h1-6H;1H. The number of fused-ring (bicyclic) bond motifs is 1. The molecule has 0 N–H and O–H groups in total. The van der Waals surface area contributed by atoms with Crippen LogP contribution in [0.1, 0.15) is 0 Å². The summed E-state index contributed by atoms with van der Waals surface area (Å²) in [4.78, 5) is 0.859. The van der Waals surface area contributed by atoms with Gasteiger partial charge >= 0.3 is 0 Å². The lowest BCUT2D eigenvalue weighted by molar-refractivity contribution is 0.596. The summed E-state index contributed by atoms with van der Waals surface area (Å²) in [6.07, 6.45) is 0. The molecule has 2 aliphatic heterocycles. The second-order valence-electron chi connectivity index (χ2n) is 3.14. The molecule has 4 bridgehead atoms. The third-order valence-corrected chi connectivity index (χ3v) is 4.22. The number of halogens is 1. The Morgan fingerprint density at radius 2 is 1.79 bits per heavy atom. The maximum atomic E-state index is 11.7. The molecule has 0 unspecified atom stereocenters. The van der Waals surface area contributed by atoms with Crippen molar-refractivity contribution < 1.29 is 8.42 Å². The van der Waals surface area contributed by atoms with Gasteiger partial charge in [-0.15, -0.1) is 12.4 Å². The quantitative estimate of drug-likeness (QED) is 0.590. The van der Waals surface area contributed by atoms with Crippen LogP contribution in [-0.4, -0.2) is 8.42 Å². The molecule has 2 nitrogen and oxygen atoms in total. The van der Waals surface area contributed by atoms with Crippen molar-refractivity contribution in [1.82, 2.24) is 0 Å². The molecule has 0 amide bonds. The van der Waals surface area contributed by atoms with Crippen LogP contribution < -0.4 is 0 Å². The Morgan fingerprint density at radius 3 is 2.50 bits per heavy atom. The van der Waals surface area contributed by atoms with Gasteiger partial charge in [-0.1, -0.05) is 18.2 Å². The SMILES string of the molecule is Cl.O=S1(=O)c2ccc3c1cccc3c2. The van der Waals surface area contributed by atoms with Crippen LogP contribution in [0.2, 0.25) is 0 Å². The molecule has 0 fully saturated rings. The highest BCUT2D eigenvalue weighted by Gasteiger charge is 2.25. The monoisotopic (exact) mass is 226 g/mol. The lowest BCUT2D eigenvalue weighted by Gasteiger charge is -2.14. The van der Waals surface area contributed by atoms with Crippen LogP contribution in [-0.2, 0) is 9.84 Å². The highest BCUT2D eigenvalue weighted by molar-refractivity contribution is 7.91. The fourth-order valence-corrected chi connectivity index (χ4v) is 3.28. The van der Waals surface area contributed by atoms with Crippen LogP contribution >= 0.6 is 12.4 Å². The van der Waals surface area contributed by atoms with Gasteiger partial charge in [0, 0.05) is 5.39 Å². The summed E-state index contributed by atoms with van der Waals surface area (Å²) in [6.45, 7) is 0. The first kappa shape index (κ1) is 9.49. The summed E-state index contributed by atoms with van der Waals surface area (Å²) in [5, 5.41) is 1.84. The van der Waals surface area contributed by atoms with Crippen molar-refractivity contribution in [3.8, 4) is 0 Å². The van der Waals surface area contributed by atoms with E-state index in [1.54, 1.807) is 24.3 Å². The highest BCUT2D eigenvalue weighted by atomic mass is 35.5. The first-order valence-electron chi connectivity index (χ1n) is 3.97. The van der Waals surface area contributed by atoms with E-state index in [4.69, 9.17) is 0 Å². The number of benzene rings is 2. The molecule has 72 valence electrons. The minimum Gasteiger partial charge on any atom is -0.218 e. The topological polar surface area (TPSA) is 34.1 Å². The Hall–Kier alpha value is -1.06. The maximum Gasteiger partial charge on any atom is 0.207 e. The van der Waals surface area contributed by atoms with Crippen molar-refractivity contribution in [3.05, 3.63) is 36.4 Å². The van der Waals surface area contributed by atoms with E-state index in [0.717, 1.165) is 10.8 Å². The van der Waals surface area contributed by atoms with E-state index >= 15 is 0 Å².